The van der Waals surface area contributed by atoms with Crippen LogP contribution in [0.3, 0.4) is 0 Å². The molecule has 97 heavy (non-hydrogen) atoms. The number of rotatable bonds is 3. The van der Waals surface area contributed by atoms with Crippen molar-refractivity contribution in [2.24, 2.45) is 110 Å². The van der Waals surface area contributed by atoms with Crippen molar-refractivity contribution in [2.45, 2.75) is 234 Å². The molecule has 10 saturated carbocycles. The smallest absolute Gasteiger partial charge is 0.331 e. The first-order valence-electron chi connectivity index (χ1n) is 39.1. The average Bonchev–Trinajstić information content (AvgIpc) is 1.62. The molecule has 27 bridgehead atoms. The molecule has 21 aliphatic rings. The van der Waals surface area contributed by atoms with Crippen LogP contribution in [0.1, 0.15) is 197 Å². The lowest BCUT2D eigenvalue weighted by molar-refractivity contribution is -0.395. The van der Waals surface area contributed by atoms with Crippen LogP contribution in [0.4, 0.5) is 0 Å². The number of aldehydes is 1. The second kappa shape index (κ2) is 21.8. The molecule has 3 heterocycles. The SMILES string of the molecule is CN[C@H]1Cc2c(cccc2CO)C#C[C@@]23C[C@H]4CCc5c(cccc5C[C@@H]4C2)Cc2cccc(c2)[C@H]2CC[C@@H]4[C@H](C2)C[C@@H]2C[C@@H]5Cc6cccc(c6)C[C@@H]6CC[C@@H](C6)[C@@H](C)[C@H]6CC[C@H]7[C@@H](O5)[C@@]24C[C@]2(C=O)[C@H]4CC[C@]5(C3)[C@H]3C8=CC(=O)O[C@@H]8[C@@H]1C[C@@H]3C[C@]5(O)[C@]4(O)[C@H](O)[C@H](C6)[C@]72O. The molecule has 3 aliphatic heterocycles. The number of benzene rings is 4. The fourth-order valence-electron chi connectivity index (χ4n) is 30.0. The van der Waals surface area contributed by atoms with Crippen molar-refractivity contribution in [1.29, 1.82) is 0 Å². The fraction of sp³-hybridized carbons (Fsp3) is 0.655. The van der Waals surface area contributed by atoms with Crippen molar-refractivity contribution in [2.75, 3.05) is 7.05 Å². The third-order valence-corrected chi connectivity index (χ3v) is 33.4. The second-order valence-corrected chi connectivity index (χ2v) is 36.6. The Labute approximate surface area is 574 Å². The van der Waals surface area contributed by atoms with Crippen LogP contribution < -0.4 is 5.32 Å². The zero-order valence-electron chi connectivity index (χ0n) is 57.3. The maximum Gasteiger partial charge on any atom is 0.331 e. The van der Waals surface area contributed by atoms with Crippen LogP contribution in [0.25, 0.3) is 0 Å². The minimum atomic E-state index is -2.26. The van der Waals surface area contributed by atoms with E-state index >= 15 is 20.1 Å². The lowest BCUT2D eigenvalue weighted by atomic mass is 9.31. The molecule has 4 aromatic carbocycles. The number of carbonyl (C=O) groups is 2. The van der Waals surface area contributed by atoms with E-state index < -0.39 is 74.3 Å². The van der Waals surface area contributed by atoms with Gasteiger partial charge in [-0.2, -0.15) is 0 Å². The summed E-state index contributed by atoms with van der Waals surface area (Å²) in [5, 5.41) is 77.4. The van der Waals surface area contributed by atoms with E-state index in [4.69, 9.17) is 9.47 Å². The van der Waals surface area contributed by atoms with Gasteiger partial charge in [-0.05, 0) is 307 Å². The van der Waals surface area contributed by atoms with Gasteiger partial charge in [0, 0.05) is 57.6 Å². The van der Waals surface area contributed by atoms with Gasteiger partial charge in [0.2, 0.25) is 0 Å². The number of likely N-dealkylation sites (N-methyl/N-ethyl adjacent to an activating group) is 1. The lowest BCUT2D eigenvalue weighted by Gasteiger charge is -2.76. The number of fused-ring (bicyclic) bond motifs is 8. The van der Waals surface area contributed by atoms with Gasteiger partial charge >= 0.3 is 5.97 Å². The molecule has 18 aliphatic carbocycles. The van der Waals surface area contributed by atoms with Crippen molar-refractivity contribution in [3.63, 3.8) is 0 Å². The summed E-state index contributed by atoms with van der Waals surface area (Å²) in [5.41, 5.74) is 3.65. The molecule has 28 atom stereocenters. The van der Waals surface area contributed by atoms with Gasteiger partial charge in [0.25, 0.3) is 0 Å². The maximum absolute atomic E-state index is 16.4. The van der Waals surface area contributed by atoms with Crippen molar-refractivity contribution in [1.82, 2.24) is 5.32 Å². The van der Waals surface area contributed by atoms with Gasteiger partial charge in [0.1, 0.15) is 23.6 Å². The van der Waals surface area contributed by atoms with E-state index in [0.29, 0.717) is 81.0 Å². The predicted octanol–water partition coefficient (Wildman–Crippen LogP) is 12.5. The first-order valence-corrected chi connectivity index (χ1v) is 39.1. The summed E-state index contributed by atoms with van der Waals surface area (Å²) in [6, 6.07) is 32.1. The predicted molar refractivity (Wildman–Crippen MR) is 369 cm³/mol. The number of nitrogens with one attached hydrogen (secondary N) is 1. The average molecular weight is 1310 g/mol. The Kier molecular flexibility index (Phi) is 13.9. The molecule has 0 aromatic heterocycles. The molecule has 25 rings (SSSR count). The third kappa shape index (κ3) is 8.35. The van der Waals surface area contributed by atoms with Gasteiger partial charge in [0.15, 0.2) is 0 Å². The van der Waals surface area contributed by atoms with Crippen LogP contribution >= 0.6 is 0 Å². The van der Waals surface area contributed by atoms with Gasteiger partial charge in [-0.25, -0.2) is 4.79 Å². The van der Waals surface area contributed by atoms with Gasteiger partial charge in [-0.3, -0.25) is 0 Å². The van der Waals surface area contributed by atoms with Crippen LogP contribution in [0.15, 0.2) is 96.6 Å². The van der Waals surface area contributed by atoms with E-state index in [1.54, 1.807) is 6.08 Å². The highest BCUT2D eigenvalue weighted by atomic mass is 16.5. The first kappa shape index (κ1) is 61.9. The monoisotopic (exact) mass is 1310 g/mol. The van der Waals surface area contributed by atoms with E-state index in [9.17, 15) is 15.0 Å². The second-order valence-electron chi connectivity index (χ2n) is 36.6. The van der Waals surface area contributed by atoms with Crippen LogP contribution in [-0.4, -0.2) is 92.1 Å². The molecule has 11 fully saturated rings. The van der Waals surface area contributed by atoms with Gasteiger partial charge in [-0.15, -0.1) is 0 Å². The highest BCUT2D eigenvalue weighted by Crippen LogP contribution is 2.82. The van der Waals surface area contributed by atoms with Crippen molar-refractivity contribution >= 4 is 12.3 Å². The topological polar surface area (TPSA) is 166 Å². The number of aliphatic hydroxyl groups excluding tert-OH is 2. The molecule has 510 valence electrons. The Morgan fingerprint density at radius 2 is 1.48 bits per heavy atom. The molecular weight excluding hydrogens is 1200 g/mol. The molecule has 6 N–H and O–H groups in total. The largest absolute Gasteiger partial charge is 0.454 e. The summed E-state index contributed by atoms with van der Waals surface area (Å²) in [6.07, 6.45) is 20.9. The fourth-order valence-corrected chi connectivity index (χ4v) is 30.0. The van der Waals surface area contributed by atoms with Crippen molar-refractivity contribution in [3.05, 3.63) is 152 Å². The third-order valence-electron chi connectivity index (χ3n) is 33.4. The van der Waals surface area contributed by atoms with Crippen LogP contribution in [0, 0.1) is 122 Å². The number of aliphatic hydroxyl groups is 5. The van der Waals surface area contributed by atoms with Gasteiger partial charge in [-0.1, -0.05) is 97.6 Å². The standard InChI is InChI=1S/C87H103NO9/c1-48-54-16-15-52(29-54)28-49-7-3-8-50(27-49)32-66-38-65-35-62-33-57-19-21-71(62)84(65)46-83(47-90)75-24-26-82-45-81(41-60-17-20-67-58(31-51-9-4-11-56(57)30-51)12-6-13-59(67)34-63(60)42-81)25-23-53-10-5-14-61(44-89)68(53)39-74(88-2)69-36-64(77(82)70-40-76(91)97-78(69)70)43-85(82,93)87(75,95)79(92)73-37-55(48)18-22-72(80(84)96-66)86(73,83)94/h3-14,27,30,40,47-48,52,54-55,57,60,62-66,69,71-75,77-80,88-89,92-95H,15-22,24,26,28-29,31-39,41-46H2,1-2H3/t48-,52+,54+,55+,57+,60-,62-,63-,64-,65-,66+,69-,71-,72+,73+,74+,75-,77-,78-,79-,80-,81-,82+,83+,84+,85-,86-,87-/m1/s1. The molecule has 10 nitrogen and oxygen atoms in total. The Bertz CT molecular complexity index is 4020. The normalized spacial score (nSPS) is 48.8. The van der Waals surface area contributed by atoms with E-state index in [2.05, 4.69) is 96.9 Å². The van der Waals surface area contributed by atoms with Crippen molar-refractivity contribution in [3.8, 4) is 11.8 Å². The summed E-state index contributed by atoms with van der Waals surface area (Å²) < 4.78 is 14.8. The van der Waals surface area contributed by atoms with E-state index in [1.165, 1.54) is 51.7 Å². The Hall–Kier alpha value is -4.96. The van der Waals surface area contributed by atoms with Crippen molar-refractivity contribution < 1.29 is 44.6 Å². The Morgan fingerprint density at radius 1 is 0.691 bits per heavy atom. The minimum absolute atomic E-state index is 0.0875. The molecule has 4 aromatic rings. The molecule has 3 spiro atoms. The summed E-state index contributed by atoms with van der Waals surface area (Å²) >= 11 is 0. The number of hydrogen-bond acceptors (Lipinski definition) is 10. The maximum atomic E-state index is 16.4. The van der Waals surface area contributed by atoms with Gasteiger partial charge in [0.05, 0.1) is 35.9 Å². The van der Waals surface area contributed by atoms with E-state index in [-0.39, 0.29) is 78.7 Å². The summed E-state index contributed by atoms with van der Waals surface area (Å²) in [4.78, 5) is 30.9. The van der Waals surface area contributed by atoms with Gasteiger partial charge < -0.3 is 45.1 Å². The molecule has 0 amide bonds. The highest BCUT2D eigenvalue weighted by Gasteiger charge is 2.88. The van der Waals surface area contributed by atoms with Crippen LogP contribution in [0.5, 0.6) is 0 Å². The van der Waals surface area contributed by atoms with E-state index in [0.717, 1.165) is 125 Å². The first-order chi connectivity index (χ1) is 47.0. The molecular formula is C87H103NO9. The Morgan fingerprint density at radius 3 is 2.35 bits per heavy atom. The summed E-state index contributed by atoms with van der Waals surface area (Å²) in [6.45, 7) is 2.33. The Balaban J connectivity index is 0.835. The minimum Gasteiger partial charge on any atom is -0.454 e. The molecule has 0 unspecified atom stereocenters. The number of carbonyl (C=O) groups excluding carboxylic acids is 2. The highest BCUT2D eigenvalue weighted by molar-refractivity contribution is 5.86. The number of hydrogen-bond donors (Lipinski definition) is 6. The lowest BCUT2D eigenvalue weighted by Crippen LogP contribution is -2.87. The number of esters is 1. The summed E-state index contributed by atoms with van der Waals surface area (Å²) in [5.74, 6) is 7.63. The van der Waals surface area contributed by atoms with Crippen LogP contribution in [-0.2, 0) is 64.2 Å². The number of ether oxygens (including phenoxy) is 2. The van der Waals surface area contributed by atoms with E-state index in [1.807, 2.05) is 19.2 Å². The zero-order valence-corrected chi connectivity index (χ0v) is 57.3. The zero-order chi connectivity index (χ0) is 65.5. The van der Waals surface area contributed by atoms with Crippen LogP contribution in [0.2, 0.25) is 0 Å². The molecule has 1 saturated heterocycles. The summed E-state index contributed by atoms with van der Waals surface area (Å²) in [7, 11) is 1.99. The quantitative estimate of drug-likeness (QED) is 0.0661. The molecule has 10 heteroatoms. The molecule has 0 radical (unpaired) electrons.